The molecule has 0 saturated carbocycles. The first-order chi connectivity index (χ1) is 16.9. The number of carbonyl (C=O) groups is 4. The van der Waals surface area contributed by atoms with Crippen molar-refractivity contribution in [3.8, 4) is 11.1 Å². The van der Waals surface area contributed by atoms with E-state index in [0.717, 1.165) is 28.6 Å². The van der Waals surface area contributed by atoms with Gasteiger partial charge in [-0.15, -0.1) is 0 Å². The van der Waals surface area contributed by atoms with E-state index in [4.69, 9.17) is 14.3 Å². The van der Waals surface area contributed by atoms with Gasteiger partial charge in [-0.1, -0.05) is 48.5 Å². The molecule has 11 heteroatoms. The molecule has 0 fully saturated rings. The van der Waals surface area contributed by atoms with Gasteiger partial charge < -0.3 is 30.2 Å². The van der Waals surface area contributed by atoms with Crippen LogP contribution in [-0.4, -0.2) is 53.7 Å². The Morgan fingerprint density at radius 1 is 0.914 bits per heavy atom. The smallest absolute Gasteiger partial charge is 0.407 e. The van der Waals surface area contributed by atoms with Crippen LogP contribution in [0.5, 0.6) is 0 Å². The van der Waals surface area contributed by atoms with Gasteiger partial charge in [-0.3, -0.25) is 14.4 Å². The first kappa shape index (κ1) is 23.5. The third-order valence-corrected chi connectivity index (χ3v) is 5.44. The topological polar surface area (TPSA) is 160 Å². The van der Waals surface area contributed by atoms with Crippen LogP contribution in [0.2, 0.25) is 0 Å². The van der Waals surface area contributed by atoms with Crippen LogP contribution in [0.15, 0.2) is 59.3 Å². The third-order valence-electron chi connectivity index (χ3n) is 5.44. The van der Waals surface area contributed by atoms with Crippen LogP contribution in [0.4, 0.5) is 4.79 Å². The average molecular weight is 478 g/mol. The molecule has 0 saturated heterocycles. The summed E-state index contributed by atoms with van der Waals surface area (Å²) in [4.78, 5) is 50.4. The zero-order valence-electron chi connectivity index (χ0n) is 18.4. The van der Waals surface area contributed by atoms with Crippen LogP contribution < -0.4 is 16.0 Å². The number of oxazole rings is 1. The monoisotopic (exact) mass is 478 g/mol. The fourth-order valence-electron chi connectivity index (χ4n) is 3.86. The molecule has 0 radical (unpaired) electrons. The molecule has 1 aliphatic carbocycles. The van der Waals surface area contributed by atoms with Gasteiger partial charge in [0, 0.05) is 5.92 Å². The molecule has 11 nitrogen and oxygen atoms in total. The number of ether oxygens (including phenoxy) is 1. The number of alkyl carbamates (subject to hydrolysis) is 1. The molecule has 1 aromatic heterocycles. The summed E-state index contributed by atoms with van der Waals surface area (Å²) in [5, 5.41) is 15.5. The summed E-state index contributed by atoms with van der Waals surface area (Å²) < 4.78 is 10.6. The van der Waals surface area contributed by atoms with Crippen LogP contribution in [-0.2, 0) is 20.9 Å². The van der Waals surface area contributed by atoms with Gasteiger partial charge in [0.05, 0.1) is 13.1 Å². The second kappa shape index (κ2) is 10.5. The van der Waals surface area contributed by atoms with Gasteiger partial charge in [0.15, 0.2) is 17.8 Å². The maximum atomic E-state index is 12.3. The van der Waals surface area contributed by atoms with Crippen molar-refractivity contribution in [1.29, 1.82) is 0 Å². The van der Waals surface area contributed by atoms with Crippen LogP contribution in [0.3, 0.4) is 0 Å². The Morgan fingerprint density at radius 3 is 2.23 bits per heavy atom. The molecule has 1 aliphatic rings. The first-order valence-corrected chi connectivity index (χ1v) is 10.7. The summed E-state index contributed by atoms with van der Waals surface area (Å²) >= 11 is 0. The van der Waals surface area contributed by atoms with Crippen LogP contribution in [0.1, 0.15) is 33.3 Å². The molecule has 3 amide bonds. The Morgan fingerprint density at radius 2 is 1.57 bits per heavy atom. The highest BCUT2D eigenvalue weighted by Gasteiger charge is 2.29. The van der Waals surface area contributed by atoms with Crippen molar-refractivity contribution in [1.82, 2.24) is 20.9 Å². The van der Waals surface area contributed by atoms with Gasteiger partial charge in [-0.2, -0.15) is 0 Å². The number of aliphatic carboxylic acids is 1. The molecule has 0 aliphatic heterocycles. The molecule has 0 unspecified atom stereocenters. The van der Waals surface area contributed by atoms with E-state index in [2.05, 4.69) is 20.9 Å². The fraction of sp³-hybridized carbons (Fsp3) is 0.208. The third kappa shape index (κ3) is 5.46. The molecule has 180 valence electrons. The van der Waals surface area contributed by atoms with Gasteiger partial charge >= 0.3 is 12.1 Å². The number of carboxylic acid groups (broad SMARTS) is 1. The predicted octanol–water partition coefficient (Wildman–Crippen LogP) is 1.64. The van der Waals surface area contributed by atoms with Gasteiger partial charge in [-0.05, 0) is 22.3 Å². The Balaban J connectivity index is 1.29. The lowest BCUT2D eigenvalue weighted by molar-refractivity contribution is -0.137. The highest BCUT2D eigenvalue weighted by molar-refractivity contribution is 5.96. The number of amides is 3. The number of carboxylic acids is 1. The molecule has 0 spiro atoms. The van der Waals surface area contributed by atoms with E-state index >= 15 is 0 Å². The number of rotatable bonds is 9. The van der Waals surface area contributed by atoms with E-state index in [-0.39, 0.29) is 30.5 Å². The Kier molecular flexibility index (Phi) is 7.05. The van der Waals surface area contributed by atoms with E-state index in [1.165, 1.54) is 0 Å². The van der Waals surface area contributed by atoms with Crippen molar-refractivity contribution in [2.75, 3.05) is 19.7 Å². The summed E-state index contributed by atoms with van der Waals surface area (Å²) in [5.74, 6) is -2.62. The van der Waals surface area contributed by atoms with Gasteiger partial charge in [0.1, 0.15) is 13.2 Å². The number of fused-ring (bicyclic) bond motifs is 3. The highest BCUT2D eigenvalue weighted by Crippen LogP contribution is 2.44. The second-order valence-corrected chi connectivity index (χ2v) is 7.66. The van der Waals surface area contributed by atoms with E-state index in [9.17, 15) is 19.2 Å². The number of nitrogens with zero attached hydrogens (tertiary/aromatic N) is 1. The number of benzene rings is 2. The Hall–Kier alpha value is -4.67. The quantitative estimate of drug-likeness (QED) is 0.361. The molecule has 3 aromatic rings. The molecule has 35 heavy (non-hydrogen) atoms. The van der Waals surface area contributed by atoms with Crippen LogP contribution in [0.25, 0.3) is 11.1 Å². The summed E-state index contributed by atoms with van der Waals surface area (Å²) in [5.41, 5.74) is 4.29. The maximum Gasteiger partial charge on any atom is 0.407 e. The minimum absolute atomic E-state index is 0.0713. The molecular weight excluding hydrogens is 456 g/mol. The van der Waals surface area contributed by atoms with E-state index in [1.807, 2.05) is 48.5 Å². The zero-order chi connectivity index (χ0) is 24.8. The number of carbonyl (C=O) groups excluding carboxylic acids is 3. The van der Waals surface area contributed by atoms with Crippen molar-refractivity contribution < 1.29 is 33.4 Å². The SMILES string of the molecule is O=C(O)CNC(=O)CNC(=O)c1ncoc1CNC(=O)OCC1c2ccccc2-c2ccccc21. The van der Waals surface area contributed by atoms with Crippen LogP contribution >= 0.6 is 0 Å². The summed E-state index contributed by atoms with van der Waals surface area (Å²) in [6.07, 6.45) is 0.344. The molecule has 0 atom stereocenters. The molecule has 0 bridgehead atoms. The molecular formula is C24H22N4O7. The molecule has 2 aromatic carbocycles. The normalized spacial score (nSPS) is 11.8. The minimum Gasteiger partial charge on any atom is -0.480 e. The summed E-state index contributed by atoms with van der Waals surface area (Å²) in [6.45, 7) is -1.04. The largest absolute Gasteiger partial charge is 0.480 e. The fourth-order valence-corrected chi connectivity index (χ4v) is 3.86. The van der Waals surface area contributed by atoms with Crippen molar-refractivity contribution >= 4 is 23.9 Å². The highest BCUT2D eigenvalue weighted by atomic mass is 16.5. The van der Waals surface area contributed by atoms with Crippen molar-refractivity contribution in [2.45, 2.75) is 12.5 Å². The molecule has 4 rings (SSSR count). The number of nitrogens with one attached hydrogen (secondary N) is 3. The van der Waals surface area contributed by atoms with Gasteiger partial charge in [0.25, 0.3) is 5.91 Å². The molecule has 4 N–H and O–H groups in total. The van der Waals surface area contributed by atoms with E-state index < -0.39 is 37.0 Å². The van der Waals surface area contributed by atoms with Crippen molar-refractivity contribution in [3.05, 3.63) is 77.5 Å². The first-order valence-electron chi connectivity index (χ1n) is 10.7. The van der Waals surface area contributed by atoms with Crippen LogP contribution in [0, 0.1) is 0 Å². The summed E-state index contributed by atoms with van der Waals surface area (Å²) in [6, 6.07) is 16.0. The minimum atomic E-state index is -1.21. The predicted molar refractivity (Wildman–Crippen MR) is 121 cm³/mol. The Bertz CT molecular complexity index is 1220. The summed E-state index contributed by atoms with van der Waals surface area (Å²) in [7, 11) is 0. The zero-order valence-corrected chi connectivity index (χ0v) is 18.4. The van der Waals surface area contributed by atoms with E-state index in [0.29, 0.717) is 0 Å². The molecule has 1 heterocycles. The standard InChI is InChI=1S/C24H22N4O7/c29-20(25-11-21(30)31)10-26-23(32)22-19(35-13-28-22)9-27-24(33)34-12-18-16-7-3-1-5-14(16)15-6-2-4-8-17(15)18/h1-8,13,18H,9-12H2,(H,25,29)(H,26,32)(H,27,33)(H,30,31). The van der Waals surface area contributed by atoms with Crippen molar-refractivity contribution in [3.63, 3.8) is 0 Å². The average Bonchev–Trinajstić information content (AvgIpc) is 3.46. The van der Waals surface area contributed by atoms with Gasteiger partial charge in [-0.25, -0.2) is 9.78 Å². The second-order valence-electron chi connectivity index (χ2n) is 7.66. The number of hydrogen-bond acceptors (Lipinski definition) is 7. The lowest BCUT2D eigenvalue weighted by Gasteiger charge is -2.14. The van der Waals surface area contributed by atoms with Gasteiger partial charge in [0.2, 0.25) is 5.91 Å². The number of hydrogen-bond donors (Lipinski definition) is 4. The van der Waals surface area contributed by atoms with Crippen molar-refractivity contribution in [2.24, 2.45) is 0 Å². The lowest BCUT2D eigenvalue weighted by atomic mass is 9.98. The Labute approximate surface area is 199 Å². The number of aromatic nitrogens is 1. The lowest BCUT2D eigenvalue weighted by Crippen LogP contribution is -2.39. The maximum absolute atomic E-state index is 12.3. The van der Waals surface area contributed by atoms with E-state index in [1.54, 1.807) is 0 Å².